The summed E-state index contributed by atoms with van der Waals surface area (Å²) in [4.78, 5) is 12.3. The summed E-state index contributed by atoms with van der Waals surface area (Å²) in [5, 5.41) is 3.14. The van der Waals surface area contributed by atoms with Crippen LogP contribution in [0.2, 0.25) is 0 Å². The second-order valence-corrected chi connectivity index (χ2v) is 5.21. The summed E-state index contributed by atoms with van der Waals surface area (Å²) in [6, 6.07) is 9.22. The van der Waals surface area contributed by atoms with E-state index in [1.165, 1.54) is 0 Å². The summed E-state index contributed by atoms with van der Waals surface area (Å²) >= 11 is 0. The highest BCUT2D eigenvalue weighted by molar-refractivity contribution is 5.76. The van der Waals surface area contributed by atoms with Gasteiger partial charge in [-0.2, -0.15) is 0 Å². The molecular formula is C17H26FNO3. The van der Waals surface area contributed by atoms with Crippen LogP contribution in [0.4, 0.5) is 4.39 Å². The molecule has 0 bridgehead atoms. The zero-order valence-electron chi connectivity index (χ0n) is 13.4. The third kappa shape index (κ3) is 7.00. The molecule has 2 atom stereocenters. The summed E-state index contributed by atoms with van der Waals surface area (Å²) in [5.74, 6) is -0.104. The molecule has 0 saturated heterocycles. The highest BCUT2D eigenvalue weighted by atomic mass is 19.1. The summed E-state index contributed by atoms with van der Waals surface area (Å²) in [5.41, 5.74) is 0.963. The Kier molecular flexibility index (Phi) is 9.42. The molecule has 0 aliphatic heterocycles. The van der Waals surface area contributed by atoms with E-state index in [1.807, 2.05) is 44.2 Å². The number of ether oxygens (including phenoxy) is 2. The Morgan fingerprint density at radius 3 is 2.64 bits per heavy atom. The van der Waals surface area contributed by atoms with E-state index in [4.69, 9.17) is 9.47 Å². The van der Waals surface area contributed by atoms with Crippen LogP contribution in [0.15, 0.2) is 30.3 Å². The minimum absolute atomic E-state index is 0.0914. The molecule has 0 spiro atoms. The molecule has 0 unspecified atom stereocenters. The lowest BCUT2D eigenvalue weighted by atomic mass is 9.99. The lowest BCUT2D eigenvalue weighted by molar-refractivity contribution is -0.149. The minimum atomic E-state index is -0.492. The predicted octanol–water partition coefficient (Wildman–Crippen LogP) is 2.72. The first-order chi connectivity index (χ1) is 10.7. The summed E-state index contributed by atoms with van der Waals surface area (Å²) in [7, 11) is 0. The largest absolute Gasteiger partial charge is 0.460 e. The van der Waals surface area contributed by atoms with E-state index in [9.17, 15) is 9.18 Å². The van der Waals surface area contributed by atoms with Crippen molar-refractivity contribution in [3.63, 3.8) is 0 Å². The van der Waals surface area contributed by atoms with E-state index < -0.39 is 6.67 Å². The molecule has 0 saturated carbocycles. The molecular weight excluding hydrogens is 285 g/mol. The van der Waals surface area contributed by atoms with E-state index in [-0.39, 0.29) is 31.1 Å². The van der Waals surface area contributed by atoms with Crippen molar-refractivity contribution in [1.82, 2.24) is 5.32 Å². The van der Waals surface area contributed by atoms with Crippen molar-refractivity contribution in [2.75, 3.05) is 26.4 Å². The molecule has 0 radical (unpaired) electrons. The van der Waals surface area contributed by atoms with E-state index in [0.717, 1.165) is 12.0 Å². The van der Waals surface area contributed by atoms with Crippen molar-refractivity contribution in [1.29, 1.82) is 0 Å². The molecule has 0 aliphatic carbocycles. The van der Waals surface area contributed by atoms with Crippen molar-refractivity contribution in [3.8, 4) is 0 Å². The number of nitrogens with one attached hydrogen (secondary N) is 1. The lowest BCUT2D eigenvalue weighted by Crippen LogP contribution is -2.44. The van der Waals surface area contributed by atoms with Crippen molar-refractivity contribution >= 4 is 5.97 Å². The third-order valence-corrected chi connectivity index (χ3v) is 3.52. The van der Waals surface area contributed by atoms with E-state index >= 15 is 0 Å². The van der Waals surface area contributed by atoms with Crippen LogP contribution >= 0.6 is 0 Å². The number of carbonyl (C=O) groups excluding carboxylic acids is 1. The minimum Gasteiger partial charge on any atom is -0.460 e. The van der Waals surface area contributed by atoms with Crippen molar-refractivity contribution in [3.05, 3.63) is 35.9 Å². The third-order valence-electron chi connectivity index (χ3n) is 3.52. The van der Waals surface area contributed by atoms with Gasteiger partial charge >= 0.3 is 5.97 Å². The zero-order chi connectivity index (χ0) is 16.2. The average Bonchev–Trinajstić information content (AvgIpc) is 2.56. The number of esters is 1. The molecule has 0 heterocycles. The molecule has 1 N–H and O–H groups in total. The van der Waals surface area contributed by atoms with Gasteiger partial charge in [0.15, 0.2) is 0 Å². The Labute approximate surface area is 132 Å². The molecule has 1 aromatic rings. The van der Waals surface area contributed by atoms with Crippen LogP contribution in [0.5, 0.6) is 0 Å². The van der Waals surface area contributed by atoms with Gasteiger partial charge < -0.3 is 14.8 Å². The smallest absolute Gasteiger partial charge is 0.323 e. The maximum atomic E-state index is 12.3. The second kappa shape index (κ2) is 11.2. The molecule has 1 aromatic carbocycles. The molecule has 0 aliphatic rings. The normalized spacial score (nSPS) is 13.6. The van der Waals surface area contributed by atoms with E-state index in [2.05, 4.69) is 5.32 Å². The topological polar surface area (TPSA) is 47.6 Å². The molecule has 0 fully saturated rings. The van der Waals surface area contributed by atoms with E-state index in [0.29, 0.717) is 13.2 Å². The number of carbonyl (C=O) groups is 1. The number of halogens is 1. The van der Waals surface area contributed by atoms with Gasteiger partial charge in [-0.15, -0.1) is 0 Å². The second-order valence-electron chi connectivity index (χ2n) is 5.21. The van der Waals surface area contributed by atoms with Gasteiger partial charge in [0.05, 0.1) is 13.2 Å². The number of rotatable bonds is 11. The number of hydrogen-bond acceptors (Lipinski definition) is 4. The predicted molar refractivity (Wildman–Crippen MR) is 84.3 cm³/mol. The Hall–Kier alpha value is -1.46. The SMILES string of the molecule is CC[C@H](C)[C@H](NCCOCCF)C(=O)OCc1ccccc1. The Balaban J connectivity index is 2.42. The Morgan fingerprint density at radius 1 is 1.27 bits per heavy atom. The van der Waals surface area contributed by atoms with Gasteiger partial charge in [0.2, 0.25) is 0 Å². The first kappa shape index (κ1) is 18.6. The van der Waals surface area contributed by atoms with Crippen molar-refractivity contribution in [2.24, 2.45) is 5.92 Å². The van der Waals surface area contributed by atoms with Gasteiger partial charge in [0.1, 0.15) is 19.3 Å². The van der Waals surface area contributed by atoms with Gasteiger partial charge in [-0.1, -0.05) is 50.6 Å². The highest BCUT2D eigenvalue weighted by Crippen LogP contribution is 2.11. The zero-order valence-corrected chi connectivity index (χ0v) is 13.4. The first-order valence-electron chi connectivity index (χ1n) is 7.76. The standard InChI is InChI=1S/C17H26FNO3/c1-3-14(2)16(19-10-12-21-11-9-18)17(20)22-13-15-7-5-4-6-8-15/h4-8,14,16,19H,3,9-13H2,1-2H3/t14-,16-/m0/s1. The number of hydrogen-bond donors (Lipinski definition) is 1. The fourth-order valence-corrected chi connectivity index (χ4v) is 2.01. The van der Waals surface area contributed by atoms with Gasteiger partial charge in [0, 0.05) is 6.54 Å². The van der Waals surface area contributed by atoms with Crippen LogP contribution < -0.4 is 5.32 Å². The summed E-state index contributed by atoms with van der Waals surface area (Å²) in [6.07, 6.45) is 0.865. The highest BCUT2D eigenvalue weighted by Gasteiger charge is 2.24. The van der Waals surface area contributed by atoms with Crippen LogP contribution in [0, 0.1) is 5.92 Å². The monoisotopic (exact) mass is 311 g/mol. The molecule has 4 nitrogen and oxygen atoms in total. The van der Waals surface area contributed by atoms with Gasteiger partial charge in [0.25, 0.3) is 0 Å². The van der Waals surface area contributed by atoms with Crippen LogP contribution in [0.25, 0.3) is 0 Å². The van der Waals surface area contributed by atoms with Crippen LogP contribution in [-0.2, 0) is 20.9 Å². The molecule has 1 rings (SSSR count). The van der Waals surface area contributed by atoms with Crippen molar-refractivity contribution in [2.45, 2.75) is 32.9 Å². The molecule has 0 amide bonds. The first-order valence-corrected chi connectivity index (χ1v) is 7.76. The molecule has 5 heteroatoms. The number of alkyl halides is 1. The van der Waals surface area contributed by atoms with Crippen LogP contribution in [-0.4, -0.2) is 38.4 Å². The lowest BCUT2D eigenvalue weighted by Gasteiger charge is -2.22. The van der Waals surface area contributed by atoms with Crippen LogP contribution in [0.3, 0.4) is 0 Å². The molecule has 0 aromatic heterocycles. The summed E-state index contributed by atoms with van der Waals surface area (Å²) < 4.78 is 22.4. The molecule has 22 heavy (non-hydrogen) atoms. The molecule has 124 valence electrons. The van der Waals surface area contributed by atoms with Crippen molar-refractivity contribution < 1.29 is 18.7 Å². The van der Waals surface area contributed by atoms with Gasteiger partial charge in [-0.3, -0.25) is 4.79 Å². The van der Waals surface area contributed by atoms with Crippen LogP contribution in [0.1, 0.15) is 25.8 Å². The van der Waals surface area contributed by atoms with E-state index in [1.54, 1.807) is 0 Å². The quantitative estimate of drug-likeness (QED) is 0.504. The average molecular weight is 311 g/mol. The fourth-order valence-electron chi connectivity index (χ4n) is 2.01. The number of benzene rings is 1. The Bertz CT molecular complexity index is 414. The maximum Gasteiger partial charge on any atom is 0.323 e. The summed E-state index contributed by atoms with van der Waals surface area (Å²) in [6.45, 7) is 4.78. The maximum absolute atomic E-state index is 12.3. The Morgan fingerprint density at radius 2 is 2.00 bits per heavy atom. The van der Waals surface area contributed by atoms with Gasteiger partial charge in [-0.05, 0) is 11.5 Å². The van der Waals surface area contributed by atoms with Gasteiger partial charge in [-0.25, -0.2) is 4.39 Å². The fraction of sp³-hybridized carbons (Fsp3) is 0.588.